The first-order valence-electron chi connectivity index (χ1n) is 9.03. The molecule has 0 N–H and O–H groups in total. The molecule has 1 saturated heterocycles. The SMILES string of the molecule is CN(CC1CCN(C(=O)c2cccc(F)c2)CC1)c1cc(C(F)(F)F)ccn1. The summed E-state index contributed by atoms with van der Waals surface area (Å²) in [6.07, 6.45) is -1.79. The van der Waals surface area contributed by atoms with Gasteiger partial charge in [-0.3, -0.25) is 4.79 Å². The van der Waals surface area contributed by atoms with Crippen LogP contribution >= 0.6 is 0 Å². The monoisotopic (exact) mass is 395 g/mol. The third-order valence-electron chi connectivity index (χ3n) is 4.97. The summed E-state index contributed by atoms with van der Waals surface area (Å²) in [5.41, 5.74) is -0.399. The van der Waals surface area contributed by atoms with E-state index in [9.17, 15) is 22.4 Å². The lowest BCUT2D eigenvalue weighted by molar-refractivity contribution is -0.137. The normalized spacial score (nSPS) is 15.5. The summed E-state index contributed by atoms with van der Waals surface area (Å²) in [6.45, 7) is 1.62. The molecule has 3 rings (SSSR count). The molecule has 8 heteroatoms. The number of hydrogen-bond acceptors (Lipinski definition) is 3. The van der Waals surface area contributed by atoms with E-state index >= 15 is 0 Å². The van der Waals surface area contributed by atoms with Gasteiger partial charge in [0.2, 0.25) is 0 Å². The summed E-state index contributed by atoms with van der Waals surface area (Å²) in [7, 11) is 1.72. The number of alkyl halides is 3. The maximum absolute atomic E-state index is 13.3. The van der Waals surface area contributed by atoms with Crippen LogP contribution in [0.5, 0.6) is 0 Å². The smallest absolute Gasteiger partial charge is 0.359 e. The van der Waals surface area contributed by atoms with Crippen molar-refractivity contribution in [3.8, 4) is 0 Å². The molecule has 1 aromatic carbocycles. The van der Waals surface area contributed by atoms with Crippen LogP contribution in [0.3, 0.4) is 0 Å². The summed E-state index contributed by atoms with van der Waals surface area (Å²) >= 11 is 0. The summed E-state index contributed by atoms with van der Waals surface area (Å²) in [4.78, 5) is 19.9. The Balaban J connectivity index is 1.56. The standard InChI is InChI=1S/C20H21F4N3O/c1-26(18-12-16(5-8-25-18)20(22,23)24)13-14-6-9-27(10-7-14)19(28)15-3-2-4-17(21)11-15/h2-5,8,11-12,14H,6-7,9-10,13H2,1H3. The van der Waals surface area contributed by atoms with E-state index in [1.807, 2.05) is 0 Å². The van der Waals surface area contributed by atoms with Crippen LogP contribution in [-0.4, -0.2) is 42.5 Å². The number of rotatable bonds is 4. The van der Waals surface area contributed by atoms with Crippen molar-refractivity contribution in [2.45, 2.75) is 19.0 Å². The van der Waals surface area contributed by atoms with Gasteiger partial charge in [-0.2, -0.15) is 13.2 Å². The van der Waals surface area contributed by atoms with Gasteiger partial charge in [-0.05, 0) is 49.1 Å². The average Bonchev–Trinajstić information content (AvgIpc) is 2.67. The number of carbonyl (C=O) groups excluding carboxylic acids is 1. The van der Waals surface area contributed by atoms with E-state index in [-0.39, 0.29) is 17.6 Å². The van der Waals surface area contributed by atoms with E-state index in [0.717, 1.165) is 31.2 Å². The fourth-order valence-electron chi connectivity index (χ4n) is 3.41. The molecule has 150 valence electrons. The molecule has 0 radical (unpaired) electrons. The Bertz CT molecular complexity index is 832. The number of amides is 1. The van der Waals surface area contributed by atoms with Crippen LogP contribution in [0, 0.1) is 11.7 Å². The predicted molar refractivity (Wildman–Crippen MR) is 97.5 cm³/mol. The van der Waals surface area contributed by atoms with Crippen LogP contribution in [0.1, 0.15) is 28.8 Å². The Morgan fingerprint density at radius 3 is 2.57 bits per heavy atom. The molecule has 1 aromatic heterocycles. The molecule has 0 bridgehead atoms. The minimum absolute atomic E-state index is 0.203. The Morgan fingerprint density at radius 2 is 1.93 bits per heavy atom. The molecule has 1 aliphatic rings. The minimum atomic E-state index is -4.40. The lowest BCUT2D eigenvalue weighted by Crippen LogP contribution is -2.41. The lowest BCUT2D eigenvalue weighted by atomic mass is 9.95. The molecule has 0 aliphatic carbocycles. The second kappa shape index (κ2) is 8.16. The largest absolute Gasteiger partial charge is 0.416 e. The van der Waals surface area contributed by atoms with Crippen LogP contribution < -0.4 is 4.90 Å². The van der Waals surface area contributed by atoms with Crippen LogP contribution in [0.15, 0.2) is 42.6 Å². The molecule has 1 fully saturated rings. The van der Waals surface area contributed by atoms with Gasteiger partial charge >= 0.3 is 6.18 Å². The average molecular weight is 395 g/mol. The number of halogens is 4. The van der Waals surface area contributed by atoms with Gasteiger partial charge in [-0.25, -0.2) is 9.37 Å². The van der Waals surface area contributed by atoms with Crippen molar-refractivity contribution in [2.75, 3.05) is 31.6 Å². The van der Waals surface area contributed by atoms with Crippen LogP contribution in [0.2, 0.25) is 0 Å². The van der Waals surface area contributed by atoms with Crippen molar-refractivity contribution in [2.24, 2.45) is 5.92 Å². The van der Waals surface area contributed by atoms with Crippen LogP contribution in [-0.2, 0) is 6.18 Å². The molecule has 2 aromatic rings. The van der Waals surface area contributed by atoms with Gasteiger partial charge in [0, 0.05) is 38.4 Å². The molecule has 0 atom stereocenters. The summed E-state index contributed by atoms with van der Waals surface area (Å²) in [6, 6.07) is 7.61. The van der Waals surface area contributed by atoms with Crippen molar-refractivity contribution in [3.63, 3.8) is 0 Å². The van der Waals surface area contributed by atoms with E-state index in [1.54, 1.807) is 22.9 Å². The van der Waals surface area contributed by atoms with E-state index in [0.29, 0.717) is 25.2 Å². The van der Waals surface area contributed by atoms with E-state index in [2.05, 4.69) is 4.98 Å². The first-order valence-corrected chi connectivity index (χ1v) is 9.03. The lowest BCUT2D eigenvalue weighted by Gasteiger charge is -2.34. The Labute approximate surface area is 160 Å². The van der Waals surface area contributed by atoms with Crippen molar-refractivity contribution in [3.05, 3.63) is 59.5 Å². The van der Waals surface area contributed by atoms with Gasteiger partial charge in [0.05, 0.1) is 5.56 Å². The number of nitrogens with zero attached hydrogens (tertiary/aromatic N) is 3. The molecule has 0 spiro atoms. The number of pyridine rings is 1. The Morgan fingerprint density at radius 1 is 1.21 bits per heavy atom. The molecule has 4 nitrogen and oxygen atoms in total. The van der Waals surface area contributed by atoms with Crippen LogP contribution in [0.25, 0.3) is 0 Å². The predicted octanol–water partition coefficient (Wildman–Crippen LogP) is 4.23. The Hall–Kier alpha value is -2.64. The van der Waals surface area contributed by atoms with E-state index < -0.39 is 17.6 Å². The highest BCUT2D eigenvalue weighted by molar-refractivity contribution is 5.94. The van der Waals surface area contributed by atoms with Crippen molar-refractivity contribution < 1.29 is 22.4 Å². The van der Waals surface area contributed by atoms with Gasteiger partial charge in [0.1, 0.15) is 11.6 Å². The zero-order valence-corrected chi connectivity index (χ0v) is 15.4. The number of benzene rings is 1. The second-order valence-electron chi connectivity index (χ2n) is 7.03. The number of aromatic nitrogens is 1. The summed E-state index contributed by atoms with van der Waals surface area (Å²) in [5, 5.41) is 0. The highest BCUT2D eigenvalue weighted by Crippen LogP contribution is 2.31. The van der Waals surface area contributed by atoms with Crippen molar-refractivity contribution in [1.29, 1.82) is 0 Å². The number of anilines is 1. The van der Waals surface area contributed by atoms with Gasteiger partial charge in [-0.1, -0.05) is 6.07 Å². The molecule has 2 heterocycles. The fourth-order valence-corrected chi connectivity index (χ4v) is 3.41. The van der Waals surface area contributed by atoms with Gasteiger partial charge in [0.25, 0.3) is 5.91 Å². The third kappa shape index (κ3) is 4.79. The van der Waals surface area contributed by atoms with Gasteiger partial charge < -0.3 is 9.80 Å². The van der Waals surface area contributed by atoms with Crippen LogP contribution in [0.4, 0.5) is 23.4 Å². The number of likely N-dealkylation sites (tertiary alicyclic amines) is 1. The highest BCUT2D eigenvalue weighted by Gasteiger charge is 2.31. The second-order valence-corrected chi connectivity index (χ2v) is 7.03. The molecule has 28 heavy (non-hydrogen) atoms. The molecule has 1 aliphatic heterocycles. The topological polar surface area (TPSA) is 36.4 Å². The number of carbonyl (C=O) groups is 1. The zero-order valence-electron chi connectivity index (χ0n) is 15.4. The van der Waals surface area contributed by atoms with E-state index in [4.69, 9.17) is 0 Å². The highest BCUT2D eigenvalue weighted by atomic mass is 19.4. The van der Waals surface area contributed by atoms with Gasteiger partial charge in [0.15, 0.2) is 0 Å². The minimum Gasteiger partial charge on any atom is -0.359 e. The molecule has 0 unspecified atom stereocenters. The van der Waals surface area contributed by atoms with Crippen molar-refractivity contribution >= 4 is 11.7 Å². The quantitative estimate of drug-likeness (QED) is 0.727. The molecule has 1 amide bonds. The van der Waals surface area contributed by atoms with Gasteiger partial charge in [-0.15, -0.1) is 0 Å². The first-order chi connectivity index (χ1) is 13.2. The summed E-state index contributed by atoms with van der Waals surface area (Å²) < 4.78 is 51.9. The molecular weight excluding hydrogens is 374 g/mol. The van der Waals surface area contributed by atoms with Crippen molar-refractivity contribution in [1.82, 2.24) is 9.88 Å². The first kappa shape index (κ1) is 20.1. The number of piperidine rings is 1. The Kier molecular flexibility index (Phi) is 5.86. The number of hydrogen-bond donors (Lipinski definition) is 0. The molecule has 0 saturated carbocycles. The fraction of sp³-hybridized carbons (Fsp3) is 0.400. The zero-order chi connectivity index (χ0) is 20.3. The third-order valence-corrected chi connectivity index (χ3v) is 4.97. The molecular formula is C20H21F4N3O. The maximum Gasteiger partial charge on any atom is 0.416 e. The summed E-state index contributed by atoms with van der Waals surface area (Å²) in [5.74, 6) is -0.146. The maximum atomic E-state index is 13.3. The van der Waals surface area contributed by atoms with E-state index in [1.165, 1.54) is 18.2 Å².